The molecule has 1 rings (SSSR count). The van der Waals surface area contributed by atoms with Crippen LogP contribution in [-0.4, -0.2) is 11.1 Å². The molecule has 1 aromatic rings. The summed E-state index contributed by atoms with van der Waals surface area (Å²) in [6.07, 6.45) is -0.0419. The molecule has 13 heavy (non-hydrogen) atoms. The summed E-state index contributed by atoms with van der Waals surface area (Å²) in [4.78, 5) is 10.5. The molecule has 0 atom stereocenters. The topological polar surface area (TPSA) is 37.3 Å². The van der Waals surface area contributed by atoms with Gasteiger partial charge in [-0.25, -0.2) is 0 Å². The van der Waals surface area contributed by atoms with E-state index in [4.69, 9.17) is 16.7 Å². The van der Waals surface area contributed by atoms with Crippen molar-refractivity contribution in [3.05, 3.63) is 31.7 Å². The molecule has 0 fully saturated rings. The SMILES string of the molecule is O=C(O)Cc1cc(Cl)cc(Br)c1Br. The number of carboxylic acid groups (broad SMARTS) is 1. The van der Waals surface area contributed by atoms with Gasteiger partial charge in [0.1, 0.15) is 0 Å². The smallest absolute Gasteiger partial charge is 0.307 e. The van der Waals surface area contributed by atoms with Crippen molar-refractivity contribution in [3.63, 3.8) is 0 Å². The van der Waals surface area contributed by atoms with Gasteiger partial charge < -0.3 is 5.11 Å². The third-order valence-electron chi connectivity index (χ3n) is 1.41. The van der Waals surface area contributed by atoms with E-state index in [0.29, 0.717) is 10.6 Å². The third kappa shape index (κ3) is 2.97. The molecule has 5 heteroatoms. The first-order valence-electron chi connectivity index (χ1n) is 3.36. The lowest BCUT2D eigenvalue weighted by atomic mass is 10.1. The van der Waals surface area contributed by atoms with Crippen LogP contribution in [0.3, 0.4) is 0 Å². The van der Waals surface area contributed by atoms with Crippen LogP contribution >= 0.6 is 43.5 Å². The molecular weight excluding hydrogens is 323 g/mol. The normalized spacial score (nSPS) is 10.1. The van der Waals surface area contributed by atoms with Crippen LogP contribution in [-0.2, 0) is 11.2 Å². The summed E-state index contributed by atoms with van der Waals surface area (Å²) >= 11 is 12.3. The van der Waals surface area contributed by atoms with Crippen molar-refractivity contribution in [2.45, 2.75) is 6.42 Å². The number of hydrogen-bond donors (Lipinski definition) is 1. The second-order valence-corrected chi connectivity index (χ2v) is 4.52. The predicted molar refractivity (Wildman–Crippen MR) is 58.2 cm³/mol. The third-order valence-corrected chi connectivity index (χ3v) is 3.72. The zero-order valence-electron chi connectivity index (χ0n) is 6.35. The van der Waals surface area contributed by atoms with E-state index in [-0.39, 0.29) is 6.42 Å². The molecule has 0 saturated heterocycles. The first kappa shape index (κ1) is 11.0. The van der Waals surface area contributed by atoms with E-state index in [9.17, 15) is 4.79 Å². The minimum absolute atomic E-state index is 0.0419. The molecule has 1 N–H and O–H groups in total. The number of halogens is 3. The molecule has 0 radical (unpaired) electrons. The van der Waals surface area contributed by atoms with Gasteiger partial charge in [0.25, 0.3) is 0 Å². The highest BCUT2D eigenvalue weighted by Gasteiger charge is 2.09. The van der Waals surface area contributed by atoms with Gasteiger partial charge in [-0.15, -0.1) is 0 Å². The Balaban J connectivity index is 3.12. The van der Waals surface area contributed by atoms with E-state index < -0.39 is 5.97 Å². The molecular formula is C8H5Br2ClO2. The standard InChI is InChI=1S/C8H5Br2ClO2/c9-6-3-5(11)1-4(8(6)10)2-7(12)13/h1,3H,2H2,(H,12,13). The summed E-state index contributed by atoms with van der Waals surface area (Å²) in [5.41, 5.74) is 0.659. The van der Waals surface area contributed by atoms with Gasteiger partial charge in [-0.2, -0.15) is 0 Å². The van der Waals surface area contributed by atoms with Crippen molar-refractivity contribution in [3.8, 4) is 0 Å². The van der Waals surface area contributed by atoms with E-state index >= 15 is 0 Å². The van der Waals surface area contributed by atoms with Crippen LogP contribution in [0.25, 0.3) is 0 Å². The Morgan fingerprint density at radius 1 is 1.46 bits per heavy atom. The van der Waals surface area contributed by atoms with Gasteiger partial charge in [0.2, 0.25) is 0 Å². The largest absolute Gasteiger partial charge is 0.481 e. The summed E-state index contributed by atoms with van der Waals surface area (Å²) in [6, 6.07) is 3.33. The maximum Gasteiger partial charge on any atom is 0.307 e. The first-order valence-corrected chi connectivity index (χ1v) is 5.32. The minimum Gasteiger partial charge on any atom is -0.481 e. The van der Waals surface area contributed by atoms with E-state index in [0.717, 1.165) is 8.95 Å². The van der Waals surface area contributed by atoms with E-state index in [1.54, 1.807) is 12.1 Å². The van der Waals surface area contributed by atoms with Crippen molar-refractivity contribution in [1.29, 1.82) is 0 Å². The second-order valence-electron chi connectivity index (χ2n) is 2.43. The molecule has 0 bridgehead atoms. The summed E-state index contributed by atoms with van der Waals surface area (Å²) in [6.45, 7) is 0. The average molecular weight is 328 g/mol. The summed E-state index contributed by atoms with van der Waals surface area (Å²) < 4.78 is 1.50. The molecule has 0 aromatic heterocycles. The van der Waals surface area contributed by atoms with Gasteiger partial charge in [0.15, 0.2) is 0 Å². The zero-order chi connectivity index (χ0) is 10.0. The van der Waals surface area contributed by atoms with Crippen molar-refractivity contribution < 1.29 is 9.90 Å². The van der Waals surface area contributed by atoms with Crippen LogP contribution in [0.15, 0.2) is 21.1 Å². The van der Waals surface area contributed by atoms with E-state index in [1.807, 2.05) is 0 Å². The van der Waals surface area contributed by atoms with Gasteiger partial charge in [-0.3, -0.25) is 4.79 Å². The number of benzene rings is 1. The minimum atomic E-state index is -0.880. The molecule has 0 heterocycles. The summed E-state index contributed by atoms with van der Waals surface area (Å²) in [7, 11) is 0. The van der Waals surface area contributed by atoms with Gasteiger partial charge in [-0.05, 0) is 49.6 Å². The lowest BCUT2D eigenvalue weighted by molar-refractivity contribution is -0.136. The Bertz CT molecular complexity index is 352. The van der Waals surface area contributed by atoms with Crippen LogP contribution in [0.5, 0.6) is 0 Å². The molecule has 70 valence electrons. The Kier molecular flexibility index (Phi) is 3.76. The number of aliphatic carboxylic acids is 1. The maximum atomic E-state index is 10.5. The lowest BCUT2D eigenvalue weighted by Gasteiger charge is -2.04. The molecule has 0 spiro atoms. The molecule has 0 aliphatic heterocycles. The fraction of sp³-hybridized carbons (Fsp3) is 0.125. The Labute approximate surface area is 97.2 Å². The second kappa shape index (κ2) is 4.44. The van der Waals surface area contributed by atoms with Gasteiger partial charge >= 0.3 is 5.97 Å². The van der Waals surface area contributed by atoms with E-state index in [1.165, 1.54) is 0 Å². The van der Waals surface area contributed by atoms with Crippen molar-refractivity contribution >= 4 is 49.4 Å². The maximum absolute atomic E-state index is 10.5. The van der Waals surface area contributed by atoms with Crippen LogP contribution in [0.4, 0.5) is 0 Å². The molecule has 1 aromatic carbocycles. The number of rotatable bonds is 2. The Morgan fingerprint density at radius 3 is 2.62 bits per heavy atom. The predicted octanol–water partition coefficient (Wildman–Crippen LogP) is 3.49. The van der Waals surface area contributed by atoms with E-state index in [2.05, 4.69) is 31.9 Å². The molecule has 0 aliphatic carbocycles. The monoisotopic (exact) mass is 326 g/mol. The van der Waals surface area contributed by atoms with Crippen molar-refractivity contribution in [2.24, 2.45) is 0 Å². The Hall–Kier alpha value is -0.0600. The fourth-order valence-corrected chi connectivity index (χ4v) is 2.14. The van der Waals surface area contributed by atoms with Crippen LogP contribution < -0.4 is 0 Å². The summed E-state index contributed by atoms with van der Waals surface area (Å²) in [5, 5.41) is 9.11. The molecule has 0 amide bonds. The zero-order valence-corrected chi connectivity index (χ0v) is 10.3. The van der Waals surface area contributed by atoms with Gasteiger partial charge in [0, 0.05) is 14.0 Å². The van der Waals surface area contributed by atoms with Crippen molar-refractivity contribution in [2.75, 3.05) is 0 Å². The van der Waals surface area contributed by atoms with Crippen molar-refractivity contribution in [1.82, 2.24) is 0 Å². The van der Waals surface area contributed by atoms with Crippen LogP contribution in [0.2, 0.25) is 5.02 Å². The lowest BCUT2D eigenvalue weighted by Crippen LogP contribution is -2.01. The number of carbonyl (C=O) groups is 1. The van der Waals surface area contributed by atoms with Crippen LogP contribution in [0.1, 0.15) is 5.56 Å². The highest BCUT2D eigenvalue weighted by Crippen LogP contribution is 2.30. The average Bonchev–Trinajstić information content (AvgIpc) is 1.98. The number of hydrogen-bond acceptors (Lipinski definition) is 1. The highest BCUT2D eigenvalue weighted by molar-refractivity contribution is 9.13. The van der Waals surface area contributed by atoms with Gasteiger partial charge in [-0.1, -0.05) is 11.6 Å². The number of carboxylic acids is 1. The molecule has 0 unspecified atom stereocenters. The van der Waals surface area contributed by atoms with Crippen LogP contribution in [0, 0.1) is 0 Å². The molecule has 0 saturated carbocycles. The quantitative estimate of drug-likeness (QED) is 0.844. The molecule has 0 aliphatic rings. The summed E-state index contributed by atoms with van der Waals surface area (Å²) in [5.74, 6) is -0.880. The van der Waals surface area contributed by atoms with Gasteiger partial charge in [0.05, 0.1) is 6.42 Å². The fourth-order valence-electron chi connectivity index (χ4n) is 0.901. The highest BCUT2D eigenvalue weighted by atomic mass is 79.9. The first-order chi connectivity index (χ1) is 6.00. The molecule has 2 nitrogen and oxygen atoms in total. The Morgan fingerprint density at radius 2 is 2.08 bits per heavy atom.